The third kappa shape index (κ3) is 1.73. The summed E-state index contributed by atoms with van der Waals surface area (Å²) in [6.45, 7) is 0. The van der Waals surface area contributed by atoms with Crippen molar-refractivity contribution in [2.75, 3.05) is 7.11 Å². The average molecular weight is 396 g/mol. The van der Waals surface area contributed by atoms with Crippen molar-refractivity contribution in [1.82, 2.24) is 5.32 Å². The molecule has 0 spiro atoms. The van der Waals surface area contributed by atoms with Crippen molar-refractivity contribution >= 4 is 50.4 Å². The van der Waals surface area contributed by atoms with Gasteiger partial charge in [-0.25, -0.2) is 4.79 Å². The van der Waals surface area contributed by atoms with Gasteiger partial charge in [-0.2, -0.15) is 0 Å². The van der Waals surface area contributed by atoms with Crippen LogP contribution in [-0.2, 0) is 9.53 Å². The van der Waals surface area contributed by atoms with Crippen LogP contribution < -0.4 is 5.32 Å². The van der Waals surface area contributed by atoms with E-state index in [1.165, 1.54) is 7.11 Å². The molecule has 0 saturated carbocycles. The smallest absolute Gasteiger partial charge is 0.333 e. The summed E-state index contributed by atoms with van der Waals surface area (Å²) < 4.78 is 6.37. The molecule has 0 bridgehead atoms. The van der Waals surface area contributed by atoms with Crippen molar-refractivity contribution in [3.63, 3.8) is 0 Å². The van der Waals surface area contributed by atoms with Crippen molar-refractivity contribution < 1.29 is 14.3 Å². The summed E-state index contributed by atoms with van der Waals surface area (Å²) >= 11 is 5.47. The summed E-state index contributed by atoms with van der Waals surface area (Å²) in [6.07, 6.45) is 0. The molecule has 6 heteroatoms. The fraction of sp³-hybridized carbons (Fsp3) is 0.200. The number of hydrogen-bond acceptors (Lipinski definition) is 3. The zero-order chi connectivity index (χ0) is 11.9. The van der Waals surface area contributed by atoms with Gasteiger partial charge in [0, 0.05) is 19.2 Å². The third-order valence-corrected chi connectivity index (χ3v) is 4.94. The number of methoxy groups -OCH3 is 1. The normalized spacial score (nSPS) is 17.9. The van der Waals surface area contributed by atoms with E-state index in [0.29, 0.717) is 11.1 Å². The predicted octanol–water partition coefficient (Wildman–Crippen LogP) is 2.01. The van der Waals surface area contributed by atoms with Gasteiger partial charge in [-0.15, -0.1) is 0 Å². The number of amides is 1. The maximum absolute atomic E-state index is 11.6. The molecule has 1 unspecified atom stereocenters. The van der Waals surface area contributed by atoms with Crippen LogP contribution in [0, 0.1) is 3.57 Å². The number of carbonyl (C=O) groups is 2. The van der Waals surface area contributed by atoms with Crippen molar-refractivity contribution in [2.45, 2.75) is 6.04 Å². The van der Waals surface area contributed by atoms with Crippen molar-refractivity contribution in [3.8, 4) is 0 Å². The summed E-state index contributed by atoms with van der Waals surface area (Å²) in [5.41, 5.74) is 1.22. The fourth-order valence-corrected chi connectivity index (χ4v) is 2.75. The Morgan fingerprint density at radius 1 is 1.56 bits per heavy atom. The molecule has 1 aromatic carbocycles. The van der Waals surface area contributed by atoms with E-state index in [9.17, 15) is 9.59 Å². The minimum absolute atomic E-state index is 0.240. The second-order valence-electron chi connectivity index (χ2n) is 3.25. The monoisotopic (exact) mass is 395 g/mol. The standard InChI is InChI=1S/C10H7BrINO3/c1-16-10(15)8-6-4(9(14)13-8)2-3-5(11)7(6)12/h2-3,8H,1H3,(H,13,14). The van der Waals surface area contributed by atoms with Crippen LogP contribution in [0.3, 0.4) is 0 Å². The molecule has 1 heterocycles. The summed E-state index contributed by atoms with van der Waals surface area (Å²) in [5.74, 6) is -0.695. The predicted molar refractivity (Wildman–Crippen MR) is 69.1 cm³/mol. The summed E-state index contributed by atoms with van der Waals surface area (Å²) in [5, 5.41) is 2.60. The highest BCUT2D eigenvalue weighted by atomic mass is 127. The molecule has 16 heavy (non-hydrogen) atoms. The molecule has 0 radical (unpaired) electrons. The van der Waals surface area contributed by atoms with E-state index < -0.39 is 12.0 Å². The molecule has 1 aromatic rings. The van der Waals surface area contributed by atoms with Gasteiger partial charge in [-0.05, 0) is 50.7 Å². The molecule has 0 aromatic heterocycles. The number of fused-ring (bicyclic) bond motifs is 1. The van der Waals surface area contributed by atoms with Gasteiger partial charge in [0.05, 0.1) is 7.11 Å². The van der Waals surface area contributed by atoms with Crippen molar-refractivity contribution in [3.05, 3.63) is 31.3 Å². The molecule has 84 valence electrons. The molecule has 1 atom stereocenters. The molecule has 1 amide bonds. The number of halogens is 2. The molecule has 4 nitrogen and oxygen atoms in total. The molecular weight excluding hydrogens is 389 g/mol. The zero-order valence-electron chi connectivity index (χ0n) is 8.21. The Labute approximate surface area is 114 Å². The Morgan fingerprint density at radius 2 is 2.25 bits per heavy atom. The number of esters is 1. The number of benzene rings is 1. The van der Waals surface area contributed by atoms with Crippen LogP contribution in [0.15, 0.2) is 16.6 Å². The second-order valence-corrected chi connectivity index (χ2v) is 5.19. The SMILES string of the molecule is COC(=O)C1NC(=O)c2ccc(Br)c(I)c21. The van der Waals surface area contributed by atoms with Crippen LogP contribution in [0.1, 0.15) is 22.0 Å². The van der Waals surface area contributed by atoms with E-state index in [0.717, 1.165) is 8.04 Å². The number of hydrogen-bond donors (Lipinski definition) is 1. The summed E-state index contributed by atoms with van der Waals surface area (Å²) in [6, 6.07) is 2.79. The van der Waals surface area contributed by atoms with Gasteiger partial charge < -0.3 is 10.1 Å². The summed E-state index contributed by atoms with van der Waals surface area (Å²) in [4.78, 5) is 23.2. The van der Waals surface area contributed by atoms with E-state index in [1.807, 2.05) is 0 Å². The number of nitrogens with one attached hydrogen (secondary N) is 1. The topological polar surface area (TPSA) is 55.4 Å². The van der Waals surface area contributed by atoms with E-state index >= 15 is 0 Å². The van der Waals surface area contributed by atoms with Gasteiger partial charge >= 0.3 is 5.97 Å². The number of rotatable bonds is 1. The Balaban J connectivity index is 2.59. The molecule has 0 fully saturated rings. The van der Waals surface area contributed by atoms with Crippen molar-refractivity contribution in [2.24, 2.45) is 0 Å². The van der Waals surface area contributed by atoms with Gasteiger partial charge in [0.15, 0.2) is 6.04 Å². The van der Waals surface area contributed by atoms with Crippen LogP contribution in [-0.4, -0.2) is 19.0 Å². The Kier molecular flexibility index (Phi) is 3.20. The van der Waals surface area contributed by atoms with Crippen LogP contribution in [0.5, 0.6) is 0 Å². The lowest BCUT2D eigenvalue weighted by Crippen LogP contribution is -2.27. The van der Waals surface area contributed by atoms with E-state index in [2.05, 4.69) is 48.6 Å². The maximum atomic E-state index is 11.6. The molecule has 1 N–H and O–H groups in total. The van der Waals surface area contributed by atoms with Gasteiger partial charge in [0.25, 0.3) is 5.91 Å². The second kappa shape index (κ2) is 4.33. The van der Waals surface area contributed by atoms with Crippen LogP contribution in [0.2, 0.25) is 0 Å². The molecule has 0 aliphatic carbocycles. The lowest BCUT2D eigenvalue weighted by molar-refractivity contribution is -0.142. The van der Waals surface area contributed by atoms with Gasteiger partial charge in [0.1, 0.15) is 0 Å². The number of carbonyl (C=O) groups excluding carboxylic acids is 2. The van der Waals surface area contributed by atoms with E-state index in [1.54, 1.807) is 12.1 Å². The van der Waals surface area contributed by atoms with Crippen LogP contribution in [0.25, 0.3) is 0 Å². The largest absolute Gasteiger partial charge is 0.467 e. The number of ether oxygens (including phenoxy) is 1. The van der Waals surface area contributed by atoms with Gasteiger partial charge in [-0.3, -0.25) is 4.79 Å². The Bertz CT molecular complexity index is 489. The van der Waals surface area contributed by atoms with Gasteiger partial charge in [-0.1, -0.05) is 0 Å². The maximum Gasteiger partial charge on any atom is 0.333 e. The Hall–Kier alpha value is -0.630. The zero-order valence-corrected chi connectivity index (χ0v) is 12.0. The van der Waals surface area contributed by atoms with E-state index in [-0.39, 0.29) is 5.91 Å². The highest BCUT2D eigenvalue weighted by molar-refractivity contribution is 14.1. The molecule has 0 saturated heterocycles. The Morgan fingerprint density at radius 3 is 2.88 bits per heavy atom. The van der Waals surface area contributed by atoms with Crippen LogP contribution in [0.4, 0.5) is 0 Å². The van der Waals surface area contributed by atoms with Gasteiger partial charge in [0.2, 0.25) is 0 Å². The van der Waals surface area contributed by atoms with E-state index in [4.69, 9.17) is 0 Å². The lowest BCUT2D eigenvalue weighted by atomic mass is 10.1. The molecule has 2 rings (SSSR count). The van der Waals surface area contributed by atoms with Crippen molar-refractivity contribution in [1.29, 1.82) is 0 Å². The fourth-order valence-electron chi connectivity index (χ4n) is 1.62. The average Bonchev–Trinajstić information content (AvgIpc) is 2.61. The quantitative estimate of drug-likeness (QED) is 0.584. The lowest BCUT2D eigenvalue weighted by Gasteiger charge is -2.10. The molecule has 1 aliphatic heterocycles. The highest BCUT2D eigenvalue weighted by Crippen LogP contribution is 2.34. The minimum atomic E-state index is -0.697. The first-order valence-electron chi connectivity index (χ1n) is 4.43. The first-order valence-corrected chi connectivity index (χ1v) is 6.30. The summed E-state index contributed by atoms with van der Waals surface area (Å²) in [7, 11) is 1.30. The third-order valence-electron chi connectivity index (χ3n) is 2.38. The molecule has 1 aliphatic rings. The van der Waals surface area contributed by atoms with Crippen LogP contribution >= 0.6 is 38.5 Å². The minimum Gasteiger partial charge on any atom is -0.467 e. The molecular formula is C10H7BrINO3. The first-order chi connectivity index (χ1) is 7.56. The highest BCUT2D eigenvalue weighted by Gasteiger charge is 2.36. The first kappa shape index (κ1) is 11.8.